The molecule has 1 aliphatic carbocycles. The first kappa shape index (κ1) is 15.1. The van der Waals surface area contributed by atoms with E-state index in [9.17, 15) is 0 Å². The van der Waals surface area contributed by atoms with Gasteiger partial charge in [-0.3, -0.25) is 0 Å². The van der Waals surface area contributed by atoms with Crippen molar-refractivity contribution in [1.82, 2.24) is 5.32 Å². The quantitative estimate of drug-likeness (QED) is 0.852. The van der Waals surface area contributed by atoms with Crippen molar-refractivity contribution in [2.24, 2.45) is 0 Å². The summed E-state index contributed by atoms with van der Waals surface area (Å²) in [6.07, 6.45) is 9.28. The van der Waals surface area contributed by atoms with Crippen molar-refractivity contribution in [3.63, 3.8) is 0 Å². The second-order valence-electron chi connectivity index (χ2n) is 6.64. The Morgan fingerprint density at radius 1 is 1.24 bits per heavy atom. The Hall–Kier alpha value is -0.860. The molecule has 3 rings (SSSR count). The maximum Gasteiger partial charge on any atom is 0.0729 e. The summed E-state index contributed by atoms with van der Waals surface area (Å²) in [7, 11) is 0. The van der Waals surface area contributed by atoms with E-state index in [-0.39, 0.29) is 0 Å². The molecule has 0 radical (unpaired) electrons. The average molecular weight is 287 g/mol. The molecule has 2 aliphatic rings. The molecule has 1 N–H and O–H groups in total. The largest absolute Gasteiger partial charge is 0.377 e. The zero-order valence-corrected chi connectivity index (χ0v) is 13.3. The van der Waals surface area contributed by atoms with Gasteiger partial charge in [0.15, 0.2) is 0 Å². The lowest BCUT2D eigenvalue weighted by atomic mass is 9.78. The lowest BCUT2D eigenvalue weighted by Crippen LogP contribution is -2.41. The zero-order chi connectivity index (χ0) is 14.5. The first-order valence-electron chi connectivity index (χ1n) is 8.81. The number of rotatable bonds is 6. The second-order valence-corrected chi connectivity index (χ2v) is 6.64. The van der Waals surface area contributed by atoms with E-state index in [1.807, 2.05) is 0 Å². The topological polar surface area (TPSA) is 21.3 Å². The van der Waals surface area contributed by atoms with Crippen molar-refractivity contribution < 1.29 is 4.74 Å². The zero-order valence-electron chi connectivity index (χ0n) is 13.3. The predicted molar refractivity (Wildman–Crippen MR) is 87.8 cm³/mol. The maximum atomic E-state index is 5.98. The fraction of sp³-hybridized carbons (Fsp3) is 0.684. The normalized spacial score (nSPS) is 26.5. The highest BCUT2D eigenvalue weighted by atomic mass is 16.5. The molecule has 0 aromatic heterocycles. The lowest BCUT2D eigenvalue weighted by Gasteiger charge is -2.32. The van der Waals surface area contributed by atoms with Crippen molar-refractivity contribution in [2.75, 3.05) is 13.2 Å². The third kappa shape index (κ3) is 3.67. The third-order valence-corrected chi connectivity index (χ3v) is 5.10. The Labute approximate surface area is 129 Å². The SMILES string of the molecule is CCCNC(CC1CCCc2ccccc21)C1CCCO1. The van der Waals surface area contributed by atoms with E-state index in [1.165, 1.54) is 44.9 Å². The Bertz CT molecular complexity index is 439. The first-order chi connectivity index (χ1) is 10.4. The van der Waals surface area contributed by atoms with Crippen LogP contribution in [0.4, 0.5) is 0 Å². The highest BCUT2D eigenvalue weighted by Gasteiger charge is 2.30. The monoisotopic (exact) mass is 287 g/mol. The van der Waals surface area contributed by atoms with E-state index < -0.39 is 0 Å². The van der Waals surface area contributed by atoms with Gasteiger partial charge < -0.3 is 10.1 Å². The molecule has 1 aliphatic heterocycles. The van der Waals surface area contributed by atoms with Crippen LogP contribution in [0.3, 0.4) is 0 Å². The minimum atomic E-state index is 0.436. The summed E-state index contributed by atoms with van der Waals surface area (Å²) in [5.74, 6) is 0.716. The summed E-state index contributed by atoms with van der Waals surface area (Å²) < 4.78 is 5.98. The second kappa shape index (κ2) is 7.42. The average Bonchev–Trinajstić information content (AvgIpc) is 3.06. The fourth-order valence-electron chi connectivity index (χ4n) is 4.02. The van der Waals surface area contributed by atoms with Gasteiger partial charge in [-0.15, -0.1) is 0 Å². The predicted octanol–water partition coefficient (Wildman–Crippen LogP) is 4.04. The van der Waals surface area contributed by atoms with E-state index in [0.29, 0.717) is 18.1 Å². The third-order valence-electron chi connectivity index (χ3n) is 5.10. The van der Waals surface area contributed by atoms with Crippen molar-refractivity contribution in [3.8, 4) is 0 Å². The molecule has 0 bridgehead atoms. The van der Waals surface area contributed by atoms with Gasteiger partial charge in [0.1, 0.15) is 0 Å². The lowest BCUT2D eigenvalue weighted by molar-refractivity contribution is 0.0725. The number of hydrogen-bond donors (Lipinski definition) is 1. The summed E-state index contributed by atoms with van der Waals surface area (Å²) >= 11 is 0. The maximum absolute atomic E-state index is 5.98. The van der Waals surface area contributed by atoms with Crippen molar-refractivity contribution in [3.05, 3.63) is 35.4 Å². The number of ether oxygens (including phenoxy) is 1. The highest BCUT2D eigenvalue weighted by Crippen LogP contribution is 2.36. The molecule has 21 heavy (non-hydrogen) atoms. The molecule has 2 nitrogen and oxygen atoms in total. The molecule has 1 aromatic rings. The van der Waals surface area contributed by atoms with E-state index in [2.05, 4.69) is 36.5 Å². The van der Waals surface area contributed by atoms with Gasteiger partial charge in [0.2, 0.25) is 0 Å². The summed E-state index contributed by atoms with van der Waals surface area (Å²) in [5.41, 5.74) is 3.18. The van der Waals surface area contributed by atoms with Crippen LogP contribution in [-0.4, -0.2) is 25.3 Å². The molecule has 1 aromatic carbocycles. The molecule has 1 saturated heterocycles. The summed E-state index contributed by atoms with van der Waals surface area (Å²) in [4.78, 5) is 0. The van der Waals surface area contributed by atoms with Crippen molar-refractivity contribution >= 4 is 0 Å². The Kier molecular flexibility index (Phi) is 5.32. The highest BCUT2D eigenvalue weighted by molar-refractivity contribution is 5.32. The minimum absolute atomic E-state index is 0.436. The van der Waals surface area contributed by atoms with Crippen LogP contribution in [0.15, 0.2) is 24.3 Å². The minimum Gasteiger partial charge on any atom is -0.377 e. The van der Waals surface area contributed by atoms with E-state index >= 15 is 0 Å². The van der Waals surface area contributed by atoms with Crippen LogP contribution >= 0.6 is 0 Å². The summed E-state index contributed by atoms with van der Waals surface area (Å²) in [5, 5.41) is 3.76. The first-order valence-corrected chi connectivity index (χ1v) is 8.81. The van der Waals surface area contributed by atoms with Crippen LogP contribution in [0.2, 0.25) is 0 Å². The van der Waals surface area contributed by atoms with Gasteiger partial charge >= 0.3 is 0 Å². The van der Waals surface area contributed by atoms with E-state index in [4.69, 9.17) is 4.74 Å². The number of nitrogens with one attached hydrogen (secondary N) is 1. The van der Waals surface area contributed by atoms with Crippen molar-refractivity contribution in [1.29, 1.82) is 0 Å². The van der Waals surface area contributed by atoms with Crippen LogP contribution in [0.1, 0.15) is 62.5 Å². The van der Waals surface area contributed by atoms with Gasteiger partial charge in [0.25, 0.3) is 0 Å². The Morgan fingerprint density at radius 2 is 2.14 bits per heavy atom. The van der Waals surface area contributed by atoms with E-state index in [1.54, 1.807) is 11.1 Å². The molecule has 3 unspecified atom stereocenters. The van der Waals surface area contributed by atoms with Crippen LogP contribution < -0.4 is 5.32 Å². The summed E-state index contributed by atoms with van der Waals surface area (Å²) in [6.45, 7) is 4.31. The van der Waals surface area contributed by atoms with E-state index in [0.717, 1.165) is 13.2 Å². The Balaban J connectivity index is 1.70. The number of fused-ring (bicyclic) bond motifs is 1. The van der Waals surface area contributed by atoms with Crippen LogP contribution in [0, 0.1) is 0 Å². The molecular formula is C19H29NO. The van der Waals surface area contributed by atoms with Crippen molar-refractivity contribution in [2.45, 2.75) is 69.9 Å². The van der Waals surface area contributed by atoms with Crippen LogP contribution in [-0.2, 0) is 11.2 Å². The number of benzene rings is 1. The summed E-state index contributed by atoms with van der Waals surface area (Å²) in [6, 6.07) is 9.60. The number of hydrogen-bond acceptors (Lipinski definition) is 2. The smallest absolute Gasteiger partial charge is 0.0729 e. The van der Waals surface area contributed by atoms with Gasteiger partial charge in [0, 0.05) is 12.6 Å². The standard InChI is InChI=1S/C19H29NO/c1-2-12-20-18(19-11-6-13-21-19)14-16-9-5-8-15-7-3-4-10-17(15)16/h3-4,7,10,16,18-20H,2,5-6,8-9,11-14H2,1H3. The molecule has 2 heteroatoms. The molecule has 1 fully saturated rings. The molecule has 0 amide bonds. The van der Waals surface area contributed by atoms with Gasteiger partial charge in [-0.25, -0.2) is 0 Å². The van der Waals surface area contributed by atoms with Gasteiger partial charge in [-0.2, -0.15) is 0 Å². The molecule has 0 saturated carbocycles. The van der Waals surface area contributed by atoms with Gasteiger partial charge in [-0.1, -0.05) is 31.2 Å². The van der Waals surface area contributed by atoms with Gasteiger partial charge in [-0.05, 0) is 68.5 Å². The van der Waals surface area contributed by atoms with Crippen LogP contribution in [0.25, 0.3) is 0 Å². The fourth-order valence-corrected chi connectivity index (χ4v) is 4.02. The van der Waals surface area contributed by atoms with Crippen LogP contribution in [0.5, 0.6) is 0 Å². The molecule has 0 spiro atoms. The molecule has 3 atom stereocenters. The molecule has 1 heterocycles. The molecular weight excluding hydrogens is 258 g/mol. The number of aryl methyl sites for hydroxylation is 1. The molecule has 116 valence electrons. The Morgan fingerprint density at radius 3 is 2.95 bits per heavy atom. The van der Waals surface area contributed by atoms with Gasteiger partial charge in [0.05, 0.1) is 6.10 Å².